The van der Waals surface area contributed by atoms with Gasteiger partial charge < -0.3 is 11.1 Å². The van der Waals surface area contributed by atoms with Crippen LogP contribution in [-0.4, -0.2) is 15.7 Å². The number of aromatic nitrogens is 2. The molecule has 0 radical (unpaired) electrons. The zero-order valence-corrected chi connectivity index (χ0v) is 12.2. The molecule has 1 heterocycles. The minimum absolute atomic E-state index is 0.0178. The standard InChI is InChI=1S/C13H14BrFN4O/c14-9-7-17-19(8-9)5-1-2-13(20)18-10-3-4-11(15)12(16)6-10/h3-4,6-8H,1-2,5,16H2,(H,18,20). The number of hydrogen-bond acceptors (Lipinski definition) is 3. The van der Waals surface area contributed by atoms with E-state index >= 15 is 0 Å². The highest BCUT2D eigenvalue weighted by Gasteiger charge is 2.05. The predicted molar refractivity (Wildman–Crippen MR) is 78.6 cm³/mol. The number of carbonyl (C=O) groups is 1. The van der Waals surface area contributed by atoms with Crippen molar-refractivity contribution in [1.29, 1.82) is 0 Å². The van der Waals surface area contributed by atoms with E-state index in [1.807, 2.05) is 6.20 Å². The van der Waals surface area contributed by atoms with Gasteiger partial charge in [-0.25, -0.2) is 4.39 Å². The molecule has 0 spiro atoms. The van der Waals surface area contributed by atoms with Crippen molar-refractivity contribution in [2.75, 3.05) is 11.1 Å². The molecule has 3 N–H and O–H groups in total. The van der Waals surface area contributed by atoms with E-state index in [1.54, 1.807) is 10.9 Å². The molecule has 2 rings (SSSR count). The van der Waals surface area contributed by atoms with Gasteiger partial charge in [0.05, 0.1) is 16.4 Å². The Morgan fingerprint density at radius 1 is 1.50 bits per heavy atom. The Labute approximate surface area is 124 Å². The monoisotopic (exact) mass is 340 g/mol. The fraction of sp³-hybridized carbons (Fsp3) is 0.231. The summed E-state index contributed by atoms with van der Waals surface area (Å²) in [6.45, 7) is 0.657. The first-order valence-electron chi connectivity index (χ1n) is 6.07. The van der Waals surface area contributed by atoms with Gasteiger partial charge in [-0.2, -0.15) is 5.10 Å². The minimum Gasteiger partial charge on any atom is -0.396 e. The highest BCUT2D eigenvalue weighted by atomic mass is 79.9. The molecule has 0 saturated carbocycles. The van der Waals surface area contributed by atoms with Crippen molar-refractivity contribution in [3.8, 4) is 0 Å². The number of halogens is 2. The molecule has 0 fully saturated rings. The Hall–Kier alpha value is -1.89. The number of anilines is 2. The summed E-state index contributed by atoms with van der Waals surface area (Å²) in [5.74, 6) is -0.630. The van der Waals surface area contributed by atoms with Crippen LogP contribution in [0.5, 0.6) is 0 Å². The summed E-state index contributed by atoms with van der Waals surface area (Å²) in [5, 5.41) is 6.77. The molecule has 0 atom stereocenters. The molecule has 5 nitrogen and oxygen atoms in total. The van der Waals surface area contributed by atoms with Crippen LogP contribution in [0.3, 0.4) is 0 Å². The molecule has 0 aliphatic rings. The van der Waals surface area contributed by atoms with Gasteiger partial charge in [-0.05, 0) is 40.5 Å². The van der Waals surface area contributed by atoms with Crippen molar-refractivity contribution < 1.29 is 9.18 Å². The summed E-state index contributed by atoms with van der Waals surface area (Å²) in [4.78, 5) is 11.7. The van der Waals surface area contributed by atoms with Crippen LogP contribution in [0, 0.1) is 5.82 Å². The lowest BCUT2D eigenvalue weighted by molar-refractivity contribution is -0.116. The van der Waals surface area contributed by atoms with E-state index in [9.17, 15) is 9.18 Å². The highest BCUT2D eigenvalue weighted by molar-refractivity contribution is 9.10. The van der Waals surface area contributed by atoms with E-state index in [4.69, 9.17) is 5.73 Å². The summed E-state index contributed by atoms with van der Waals surface area (Å²) in [5.41, 5.74) is 5.95. The average molecular weight is 341 g/mol. The second kappa shape index (κ2) is 6.51. The molecule has 0 aliphatic heterocycles. The fourth-order valence-electron chi connectivity index (χ4n) is 1.71. The molecular formula is C13H14BrFN4O. The molecule has 1 aromatic heterocycles. The van der Waals surface area contributed by atoms with Crippen molar-refractivity contribution in [1.82, 2.24) is 9.78 Å². The Morgan fingerprint density at radius 2 is 2.30 bits per heavy atom. The summed E-state index contributed by atoms with van der Waals surface area (Å²) in [6, 6.07) is 4.11. The molecule has 20 heavy (non-hydrogen) atoms. The second-order valence-corrected chi connectivity index (χ2v) is 5.23. The number of nitrogens with one attached hydrogen (secondary N) is 1. The smallest absolute Gasteiger partial charge is 0.224 e. The largest absolute Gasteiger partial charge is 0.396 e. The van der Waals surface area contributed by atoms with Gasteiger partial charge in [0.25, 0.3) is 0 Å². The fourth-order valence-corrected chi connectivity index (χ4v) is 2.04. The van der Waals surface area contributed by atoms with Gasteiger partial charge in [-0.3, -0.25) is 9.48 Å². The molecule has 2 aromatic rings. The number of carbonyl (C=O) groups excluding carboxylic acids is 1. The summed E-state index contributed by atoms with van der Waals surface area (Å²) < 4.78 is 15.6. The van der Waals surface area contributed by atoms with Crippen LogP contribution in [0.1, 0.15) is 12.8 Å². The van der Waals surface area contributed by atoms with Crippen molar-refractivity contribution in [2.45, 2.75) is 19.4 Å². The SMILES string of the molecule is Nc1cc(NC(=O)CCCn2cc(Br)cn2)ccc1F. The summed E-state index contributed by atoms with van der Waals surface area (Å²) >= 11 is 3.30. The number of nitrogens with two attached hydrogens (primary N) is 1. The normalized spacial score (nSPS) is 10.5. The molecule has 106 valence electrons. The number of rotatable bonds is 5. The first-order valence-corrected chi connectivity index (χ1v) is 6.87. The maximum Gasteiger partial charge on any atom is 0.224 e. The van der Waals surface area contributed by atoms with E-state index < -0.39 is 5.82 Å². The van der Waals surface area contributed by atoms with Gasteiger partial charge in [0.1, 0.15) is 5.82 Å². The van der Waals surface area contributed by atoms with Crippen LogP contribution in [0.15, 0.2) is 35.1 Å². The minimum atomic E-state index is -0.493. The zero-order chi connectivity index (χ0) is 14.5. The van der Waals surface area contributed by atoms with E-state index in [0.29, 0.717) is 25.1 Å². The van der Waals surface area contributed by atoms with Crippen molar-refractivity contribution >= 4 is 33.2 Å². The third-order valence-electron chi connectivity index (χ3n) is 2.67. The number of nitrogens with zero attached hydrogens (tertiary/aromatic N) is 2. The summed E-state index contributed by atoms with van der Waals surface area (Å²) in [7, 11) is 0. The van der Waals surface area contributed by atoms with Gasteiger partial charge in [-0.1, -0.05) is 0 Å². The maximum absolute atomic E-state index is 13.0. The average Bonchev–Trinajstić information content (AvgIpc) is 2.80. The molecule has 0 unspecified atom stereocenters. The molecule has 0 aliphatic carbocycles. The first-order chi connectivity index (χ1) is 9.54. The summed E-state index contributed by atoms with van der Waals surface area (Å²) in [6.07, 6.45) is 4.56. The Balaban J connectivity index is 1.79. The topological polar surface area (TPSA) is 72.9 Å². The first kappa shape index (κ1) is 14.5. The predicted octanol–water partition coefficient (Wildman–Crippen LogP) is 2.79. The van der Waals surface area contributed by atoms with Gasteiger partial charge >= 0.3 is 0 Å². The van der Waals surface area contributed by atoms with Gasteiger partial charge in [-0.15, -0.1) is 0 Å². The van der Waals surface area contributed by atoms with Crippen LogP contribution < -0.4 is 11.1 Å². The Morgan fingerprint density at radius 3 is 2.95 bits per heavy atom. The number of hydrogen-bond donors (Lipinski definition) is 2. The molecule has 0 bridgehead atoms. The number of amides is 1. The van der Waals surface area contributed by atoms with Crippen LogP contribution in [0.25, 0.3) is 0 Å². The highest BCUT2D eigenvalue weighted by Crippen LogP contribution is 2.16. The van der Waals surface area contributed by atoms with E-state index in [1.165, 1.54) is 18.2 Å². The van der Waals surface area contributed by atoms with Gasteiger partial charge in [0.15, 0.2) is 0 Å². The van der Waals surface area contributed by atoms with Crippen LogP contribution in [0.2, 0.25) is 0 Å². The lowest BCUT2D eigenvalue weighted by atomic mass is 10.2. The molecule has 0 saturated heterocycles. The quantitative estimate of drug-likeness (QED) is 0.822. The molecular weight excluding hydrogens is 327 g/mol. The van der Waals surface area contributed by atoms with Gasteiger partial charge in [0.2, 0.25) is 5.91 Å². The molecule has 7 heteroatoms. The molecule has 1 amide bonds. The van der Waals surface area contributed by atoms with Gasteiger partial charge in [0, 0.05) is 24.8 Å². The number of benzene rings is 1. The number of nitrogen functional groups attached to an aromatic ring is 1. The second-order valence-electron chi connectivity index (χ2n) is 4.31. The van der Waals surface area contributed by atoms with Crippen LogP contribution >= 0.6 is 15.9 Å². The Kier molecular flexibility index (Phi) is 4.73. The number of aryl methyl sites for hydroxylation is 1. The van der Waals surface area contributed by atoms with Crippen molar-refractivity contribution in [2.24, 2.45) is 0 Å². The van der Waals surface area contributed by atoms with E-state index in [2.05, 4.69) is 26.3 Å². The Bertz CT molecular complexity index is 614. The van der Waals surface area contributed by atoms with Crippen molar-refractivity contribution in [3.05, 3.63) is 40.9 Å². The van der Waals surface area contributed by atoms with Crippen LogP contribution in [0.4, 0.5) is 15.8 Å². The zero-order valence-electron chi connectivity index (χ0n) is 10.6. The lowest BCUT2D eigenvalue weighted by Crippen LogP contribution is -2.13. The third-order valence-corrected chi connectivity index (χ3v) is 3.08. The van der Waals surface area contributed by atoms with E-state index in [-0.39, 0.29) is 11.6 Å². The van der Waals surface area contributed by atoms with Crippen LogP contribution in [-0.2, 0) is 11.3 Å². The maximum atomic E-state index is 13.0. The van der Waals surface area contributed by atoms with Crippen molar-refractivity contribution in [3.63, 3.8) is 0 Å². The third kappa shape index (κ3) is 4.06. The lowest BCUT2D eigenvalue weighted by Gasteiger charge is -2.06. The van der Waals surface area contributed by atoms with E-state index in [0.717, 1.165) is 4.47 Å². The molecule has 1 aromatic carbocycles.